The molecule has 4 aliphatic heterocycles. The summed E-state index contributed by atoms with van der Waals surface area (Å²) in [5.74, 6) is 0.341. The van der Waals surface area contributed by atoms with Crippen LogP contribution in [0, 0.1) is 0 Å². The van der Waals surface area contributed by atoms with Crippen molar-refractivity contribution in [3.05, 3.63) is 25.3 Å². The maximum absolute atomic E-state index is 14.1. The summed E-state index contributed by atoms with van der Waals surface area (Å²) in [5.41, 5.74) is 12.1. The highest BCUT2D eigenvalue weighted by atomic mass is 32.7. The Bertz CT molecular complexity index is 2070. The quantitative estimate of drug-likeness (QED) is 0.153. The molecule has 4 saturated heterocycles. The minimum atomic E-state index is -4.19. The van der Waals surface area contributed by atoms with Crippen LogP contribution in [-0.2, 0) is 45.9 Å². The summed E-state index contributed by atoms with van der Waals surface area (Å²) in [4.78, 5) is 25.4. The van der Waals surface area contributed by atoms with Crippen LogP contribution in [0.3, 0.4) is 0 Å². The van der Waals surface area contributed by atoms with Gasteiger partial charge >= 0.3 is 15.1 Å². The Labute approximate surface area is 298 Å². The second-order valence-electron chi connectivity index (χ2n) is 14.3. The van der Waals surface area contributed by atoms with Crippen molar-refractivity contribution in [3.63, 3.8) is 0 Å². The average molecular weight is 785 g/mol. The van der Waals surface area contributed by atoms with Crippen LogP contribution >= 0.6 is 27.3 Å². The number of ether oxygens (including phenoxy) is 3. The van der Waals surface area contributed by atoms with Gasteiger partial charge < -0.3 is 34.6 Å². The fourth-order valence-electron chi connectivity index (χ4n) is 6.51. The molecule has 51 heavy (non-hydrogen) atoms. The SMILES string of the molecule is CC(C)(C)[Si](C)(C)OC1[C@H]2O[PH](=O)OC[C@@]34CO[C@@H]([C@H](n5cnc6c(N)ncnc65)O3)[C@@H]4O[P@](=O)(S)OC[C@H]1O[C@H]2n1cnc2c(N)ncnc21. The molecule has 4 aromatic rings. The highest BCUT2D eigenvalue weighted by Crippen LogP contribution is 2.61. The third-order valence-corrected chi connectivity index (χ3v) is 17.1. The molecule has 0 aliphatic carbocycles. The van der Waals surface area contributed by atoms with E-state index in [1.807, 2.05) is 0 Å². The van der Waals surface area contributed by atoms with E-state index in [1.165, 1.54) is 25.3 Å². The maximum Gasteiger partial charge on any atom is 0.386 e. The van der Waals surface area contributed by atoms with Crippen LogP contribution in [0.4, 0.5) is 11.6 Å². The normalized spacial score (nSPS) is 36.2. The Balaban J connectivity index is 1.15. The van der Waals surface area contributed by atoms with Crippen molar-refractivity contribution in [1.29, 1.82) is 0 Å². The molecule has 276 valence electrons. The van der Waals surface area contributed by atoms with Gasteiger partial charge in [-0.3, -0.25) is 27.3 Å². The average Bonchev–Trinajstić information content (AvgIpc) is 3.87. The molecule has 10 atom stereocenters. The molecule has 4 aliphatic rings. The Morgan fingerprint density at radius 2 is 1.61 bits per heavy atom. The Morgan fingerprint density at radius 1 is 0.980 bits per heavy atom. The van der Waals surface area contributed by atoms with Crippen LogP contribution in [0.15, 0.2) is 25.3 Å². The van der Waals surface area contributed by atoms with Crippen LogP contribution in [-0.4, -0.2) is 103 Å². The summed E-state index contributed by atoms with van der Waals surface area (Å²) < 4.78 is 81.5. The topological polar surface area (TPSA) is 247 Å². The third-order valence-electron chi connectivity index (χ3n) is 10.1. The van der Waals surface area contributed by atoms with Crippen molar-refractivity contribution in [1.82, 2.24) is 39.0 Å². The molecule has 20 nitrogen and oxygen atoms in total. The first-order valence-electron chi connectivity index (χ1n) is 16.1. The number of anilines is 2. The van der Waals surface area contributed by atoms with Crippen LogP contribution in [0.5, 0.6) is 0 Å². The molecule has 0 saturated carbocycles. The van der Waals surface area contributed by atoms with Crippen molar-refractivity contribution >= 4 is 69.6 Å². The smallest absolute Gasteiger partial charge is 0.386 e. The van der Waals surface area contributed by atoms with E-state index in [0.29, 0.717) is 22.3 Å². The first-order valence-corrected chi connectivity index (χ1v) is 22.9. The number of nitrogens with zero attached hydrogens (tertiary/aromatic N) is 8. The van der Waals surface area contributed by atoms with E-state index >= 15 is 0 Å². The van der Waals surface area contributed by atoms with Gasteiger partial charge in [0.25, 0.3) is 0 Å². The zero-order valence-corrected chi connectivity index (χ0v) is 32.0. The van der Waals surface area contributed by atoms with Crippen LogP contribution in [0.1, 0.15) is 33.2 Å². The summed E-state index contributed by atoms with van der Waals surface area (Å²) in [6, 6.07) is 0. The fourth-order valence-corrected chi connectivity index (χ4v) is 10.2. The molecule has 4 bridgehead atoms. The summed E-state index contributed by atoms with van der Waals surface area (Å²) >= 11 is 4.37. The second kappa shape index (κ2) is 12.5. The summed E-state index contributed by atoms with van der Waals surface area (Å²) in [7, 11) is -5.89. The predicted molar refractivity (Wildman–Crippen MR) is 185 cm³/mol. The van der Waals surface area contributed by atoms with Gasteiger partial charge in [0.1, 0.15) is 59.8 Å². The lowest BCUT2D eigenvalue weighted by Gasteiger charge is -2.40. The maximum atomic E-state index is 14.1. The number of nitrogen functional groups attached to an aromatic ring is 2. The van der Waals surface area contributed by atoms with Crippen molar-refractivity contribution < 1.29 is 45.9 Å². The summed E-state index contributed by atoms with van der Waals surface area (Å²) in [6.45, 7) is 5.48. The zero-order valence-electron chi connectivity index (χ0n) is 28.2. The van der Waals surface area contributed by atoms with Crippen LogP contribution < -0.4 is 11.5 Å². The van der Waals surface area contributed by atoms with E-state index < -0.39 is 71.9 Å². The summed E-state index contributed by atoms with van der Waals surface area (Å²) in [6.07, 6.45) is -1.07. The first kappa shape index (κ1) is 35.4. The first-order chi connectivity index (χ1) is 24.1. The fraction of sp³-hybridized carbons (Fsp3) is 0.630. The minimum absolute atomic E-state index is 0.0530. The Morgan fingerprint density at radius 3 is 2.24 bits per heavy atom. The third kappa shape index (κ3) is 6.02. The number of rotatable bonds is 4. The van der Waals surface area contributed by atoms with E-state index in [0.717, 1.165) is 0 Å². The molecule has 8 heterocycles. The molecular weight excluding hydrogens is 746 g/mol. The van der Waals surface area contributed by atoms with Crippen molar-refractivity contribution in [2.45, 2.75) is 87.5 Å². The Kier molecular flexibility index (Phi) is 8.68. The van der Waals surface area contributed by atoms with E-state index in [9.17, 15) is 9.13 Å². The molecular formula is C27H38N10O10P2SSi. The molecule has 0 amide bonds. The molecule has 8 rings (SSSR count). The number of hydrogen-bond donors (Lipinski definition) is 3. The minimum Gasteiger partial charge on any atom is -0.408 e. The summed E-state index contributed by atoms with van der Waals surface area (Å²) in [5, 5.41) is -0.237. The lowest BCUT2D eigenvalue weighted by atomic mass is 10.0. The van der Waals surface area contributed by atoms with E-state index in [2.05, 4.69) is 76.0 Å². The standard InChI is InChI=1S/C27H38N10O10P2SSi/c1-26(2,3)51(4,5)47-16-13-6-42-49(39,50)46-19-18-25(37-12-35-15-21(29)31-10-33-23(15)37)44-27(19,7-40-18)8-41-48(38)45-17(16)24(43-13)36-11-34-14-20(28)30-9-32-22(14)36/h9-13,16-19,24-25,48H,6-8H2,1-5H3,(H,39,50)(H2,28,30,32)(H2,29,31,33)/t13-,16?,17-,18-,19+,24-,25-,27-,49-/m1/s1. The largest absolute Gasteiger partial charge is 0.408 e. The molecule has 0 radical (unpaired) electrons. The highest BCUT2D eigenvalue weighted by molar-refractivity contribution is 8.44. The van der Waals surface area contributed by atoms with Crippen molar-refractivity contribution in [2.75, 3.05) is 31.3 Å². The van der Waals surface area contributed by atoms with Gasteiger partial charge in [-0.15, -0.1) is 0 Å². The van der Waals surface area contributed by atoms with E-state index in [1.54, 1.807) is 9.13 Å². The Hall–Kier alpha value is -2.59. The van der Waals surface area contributed by atoms with E-state index in [-0.39, 0.29) is 36.5 Å². The van der Waals surface area contributed by atoms with E-state index in [4.69, 9.17) is 48.2 Å². The van der Waals surface area contributed by atoms with Gasteiger partial charge in [-0.05, 0) is 18.1 Å². The van der Waals surface area contributed by atoms with Gasteiger partial charge in [-0.25, -0.2) is 34.5 Å². The molecule has 2 unspecified atom stereocenters. The molecule has 4 aromatic heterocycles. The number of nitrogens with two attached hydrogens (primary N) is 2. The number of fused-ring (bicyclic) bond motifs is 4. The van der Waals surface area contributed by atoms with Gasteiger partial charge in [0, 0.05) is 0 Å². The molecule has 4 fully saturated rings. The van der Waals surface area contributed by atoms with Crippen molar-refractivity contribution in [2.24, 2.45) is 0 Å². The second-order valence-corrected chi connectivity index (χ2v) is 23.0. The molecule has 0 aromatic carbocycles. The lowest BCUT2D eigenvalue weighted by Crippen LogP contribution is -2.50. The lowest BCUT2D eigenvalue weighted by molar-refractivity contribution is -0.182. The molecule has 4 N–H and O–H groups in total. The van der Waals surface area contributed by atoms with Crippen LogP contribution in [0.2, 0.25) is 18.1 Å². The molecule has 24 heteroatoms. The number of thiol groups is 1. The van der Waals surface area contributed by atoms with Gasteiger partial charge in [0.05, 0.1) is 32.5 Å². The number of hydrogen-bond acceptors (Lipinski definition) is 18. The van der Waals surface area contributed by atoms with Gasteiger partial charge in [-0.2, -0.15) is 0 Å². The van der Waals surface area contributed by atoms with Gasteiger partial charge in [0.15, 0.2) is 43.7 Å². The van der Waals surface area contributed by atoms with Crippen LogP contribution in [0.25, 0.3) is 22.3 Å². The molecule has 0 spiro atoms. The number of aromatic nitrogens is 8. The van der Waals surface area contributed by atoms with Gasteiger partial charge in [-0.1, -0.05) is 33.0 Å². The predicted octanol–water partition coefficient (Wildman–Crippen LogP) is 3.03. The number of imidazole rings is 2. The monoisotopic (exact) mass is 784 g/mol. The highest BCUT2D eigenvalue weighted by Gasteiger charge is 2.65. The van der Waals surface area contributed by atoms with Crippen molar-refractivity contribution in [3.8, 4) is 0 Å². The zero-order chi connectivity index (χ0) is 36.1. The van der Waals surface area contributed by atoms with Gasteiger partial charge in [0.2, 0.25) is 0 Å².